The van der Waals surface area contributed by atoms with Crippen molar-refractivity contribution in [3.63, 3.8) is 0 Å². The molecule has 1 saturated heterocycles. The average Bonchev–Trinajstić information content (AvgIpc) is 2.09. The molecule has 12 heavy (non-hydrogen) atoms. The molecule has 0 amide bonds. The van der Waals surface area contributed by atoms with E-state index in [0.717, 1.165) is 26.4 Å². The number of ether oxygens (including phenoxy) is 1. The first-order valence-electron chi connectivity index (χ1n) is 4.85. The molecule has 0 aromatic rings. The van der Waals surface area contributed by atoms with Gasteiger partial charge in [-0.15, -0.1) is 0 Å². The zero-order valence-electron chi connectivity index (χ0n) is 8.18. The van der Waals surface area contributed by atoms with Crippen LogP contribution in [0.5, 0.6) is 0 Å². The first-order chi connectivity index (χ1) is 5.88. The molecule has 72 valence electrons. The molecule has 3 nitrogen and oxygen atoms in total. The van der Waals surface area contributed by atoms with E-state index in [4.69, 9.17) is 4.74 Å². The first-order valence-corrected chi connectivity index (χ1v) is 4.85. The maximum absolute atomic E-state index is 5.44. The van der Waals surface area contributed by atoms with Crippen LogP contribution in [-0.2, 0) is 4.74 Å². The van der Waals surface area contributed by atoms with Gasteiger partial charge < -0.3 is 10.1 Å². The van der Waals surface area contributed by atoms with Crippen LogP contribution in [0, 0.1) is 0 Å². The van der Waals surface area contributed by atoms with E-state index >= 15 is 0 Å². The summed E-state index contributed by atoms with van der Waals surface area (Å²) in [7, 11) is 2.00. The number of hydrogen-bond acceptors (Lipinski definition) is 3. The summed E-state index contributed by atoms with van der Waals surface area (Å²) >= 11 is 0. The van der Waals surface area contributed by atoms with Gasteiger partial charge in [0.1, 0.15) is 0 Å². The van der Waals surface area contributed by atoms with Crippen molar-refractivity contribution in [1.82, 2.24) is 10.2 Å². The minimum absolute atomic E-state index is 0.635. The second-order valence-corrected chi connectivity index (χ2v) is 3.34. The predicted molar refractivity (Wildman–Crippen MR) is 50.1 cm³/mol. The molecule has 0 aliphatic carbocycles. The van der Waals surface area contributed by atoms with E-state index in [1.165, 1.54) is 12.8 Å². The molecule has 1 heterocycles. The summed E-state index contributed by atoms with van der Waals surface area (Å²) in [6.45, 7) is 6.10. The fraction of sp³-hybridized carbons (Fsp3) is 1.00. The summed E-state index contributed by atoms with van der Waals surface area (Å²) in [6.07, 6.45) is 2.50. The average molecular weight is 172 g/mol. The van der Waals surface area contributed by atoms with Crippen molar-refractivity contribution in [3.8, 4) is 0 Å². The smallest absolute Gasteiger partial charge is 0.0622 e. The zero-order valence-corrected chi connectivity index (χ0v) is 8.18. The maximum Gasteiger partial charge on any atom is 0.0622 e. The molecule has 1 aliphatic heterocycles. The van der Waals surface area contributed by atoms with Crippen LogP contribution < -0.4 is 5.32 Å². The quantitative estimate of drug-likeness (QED) is 0.674. The molecule has 1 aliphatic rings. The van der Waals surface area contributed by atoms with E-state index in [1.54, 1.807) is 0 Å². The fourth-order valence-corrected chi connectivity index (χ4v) is 1.70. The number of morpholine rings is 1. The van der Waals surface area contributed by atoms with Crippen LogP contribution in [0.2, 0.25) is 0 Å². The summed E-state index contributed by atoms with van der Waals surface area (Å²) in [6, 6.07) is 0.635. The van der Waals surface area contributed by atoms with Crippen LogP contribution in [-0.4, -0.2) is 44.4 Å². The largest absolute Gasteiger partial charge is 0.378 e. The fourth-order valence-electron chi connectivity index (χ4n) is 1.70. The van der Waals surface area contributed by atoms with Crippen molar-refractivity contribution in [2.24, 2.45) is 0 Å². The van der Waals surface area contributed by atoms with Crippen molar-refractivity contribution in [1.29, 1.82) is 0 Å². The van der Waals surface area contributed by atoms with Crippen molar-refractivity contribution < 1.29 is 4.74 Å². The molecular weight excluding hydrogens is 152 g/mol. The van der Waals surface area contributed by atoms with E-state index in [0.29, 0.717) is 6.04 Å². The van der Waals surface area contributed by atoms with Crippen LogP contribution in [0.25, 0.3) is 0 Å². The van der Waals surface area contributed by atoms with Crippen molar-refractivity contribution in [2.45, 2.75) is 25.8 Å². The molecule has 0 radical (unpaired) electrons. The van der Waals surface area contributed by atoms with Crippen molar-refractivity contribution in [2.75, 3.05) is 33.5 Å². The third-order valence-electron chi connectivity index (χ3n) is 2.33. The topological polar surface area (TPSA) is 24.5 Å². The van der Waals surface area contributed by atoms with Gasteiger partial charge in [0, 0.05) is 19.3 Å². The Bertz CT molecular complexity index is 101. The SMILES string of the molecule is CCC[C@H]1COCCN1CNC. The van der Waals surface area contributed by atoms with E-state index in [9.17, 15) is 0 Å². The van der Waals surface area contributed by atoms with Gasteiger partial charge >= 0.3 is 0 Å². The van der Waals surface area contributed by atoms with E-state index < -0.39 is 0 Å². The Hall–Kier alpha value is -0.120. The summed E-state index contributed by atoms with van der Waals surface area (Å²) in [5, 5.41) is 3.20. The first kappa shape index (κ1) is 9.96. The Labute approximate surface area is 75.1 Å². The van der Waals surface area contributed by atoms with Gasteiger partial charge in [-0.25, -0.2) is 0 Å². The lowest BCUT2D eigenvalue weighted by atomic mass is 10.1. The maximum atomic E-state index is 5.44. The highest BCUT2D eigenvalue weighted by molar-refractivity contribution is 4.73. The zero-order chi connectivity index (χ0) is 8.81. The van der Waals surface area contributed by atoms with Crippen LogP contribution in [0.3, 0.4) is 0 Å². The highest BCUT2D eigenvalue weighted by atomic mass is 16.5. The van der Waals surface area contributed by atoms with Gasteiger partial charge in [-0.2, -0.15) is 0 Å². The van der Waals surface area contributed by atoms with Gasteiger partial charge in [-0.3, -0.25) is 4.90 Å². The second-order valence-electron chi connectivity index (χ2n) is 3.34. The van der Waals surface area contributed by atoms with Gasteiger partial charge in [0.15, 0.2) is 0 Å². The van der Waals surface area contributed by atoms with Crippen LogP contribution in [0.15, 0.2) is 0 Å². The monoisotopic (exact) mass is 172 g/mol. The van der Waals surface area contributed by atoms with E-state index in [-0.39, 0.29) is 0 Å². The third-order valence-corrected chi connectivity index (χ3v) is 2.33. The molecule has 0 spiro atoms. The summed E-state index contributed by atoms with van der Waals surface area (Å²) in [5.74, 6) is 0. The van der Waals surface area contributed by atoms with Gasteiger partial charge in [0.2, 0.25) is 0 Å². The summed E-state index contributed by atoms with van der Waals surface area (Å²) in [5.41, 5.74) is 0. The molecule has 1 atom stereocenters. The molecule has 1 N–H and O–H groups in total. The number of hydrogen-bond donors (Lipinski definition) is 1. The number of nitrogens with one attached hydrogen (secondary N) is 1. The van der Waals surface area contributed by atoms with Crippen molar-refractivity contribution >= 4 is 0 Å². The molecule has 3 heteroatoms. The summed E-state index contributed by atoms with van der Waals surface area (Å²) < 4.78 is 5.44. The Morgan fingerprint density at radius 1 is 1.58 bits per heavy atom. The lowest BCUT2D eigenvalue weighted by Gasteiger charge is -2.35. The van der Waals surface area contributed by atoms with Gasteiger partial charge in [0.05, 0.1) is 13.2 Å². The Balaban J connectivity index is 2.31. The van der Waals surface area contributed by atoms with E-state index in [1.807, 2.05) is 7.05 Å². The standard InChI is InChI=1S/C9H20N2O/c1-3-4-9-7-12-6-5-11(9)8-10-2/h9-10H,3-8H2,1-2H3/t9-/m0/s1. The van der Waals surface area contributed by atoms with E-state index in [2.05, 4.69) is 17.1 Å². The molecule has 0 saturated carbocycles. The lowest BCUT2D eigenvalue weighted by molar-refractivity contribution is -0.0131. The van der Waals surface area contributed by atoms with Crippen LogP contribution in [0.4, 0.5) is 0 Å². The van der Waals surface area contributed by atoms with Crippen molar-refractivity contribution in [3.05, 3.63) is 0 Å². The summed E-state index contributed by atoms with van der Waals surface area (Å²) in [4.78, 5) is 2.47. The normalized spacial score (nSPS) is 26.0. The van der Waals surface area contributed by atoms with Gasteiger partial charge in [0.25, 0.3) is 0 Å². The Morgan fingerprint density at radius 3 is 3.08 bits per heavy atom. The number of nitrogens with zero attached hydrogens (tertiary/aromatic N) is 1. The minimum Gasteiger partial charge on any atom is -0.378 e. The molecule has 0 bridgehead atoms. The lowest BCUT2D eigenvalue weighted by Crippen LogP contribution is -2.48. The Kier molecular flexibility index (Phi) is 4.58. The van der Waals surface area contributed by atoms with Gasteiger partial charge in [-0.1, -0.05) is 13.3 Å². The molecule has 1 fully saturated rings. The molecule has 0 unspecified atom stereocenters. The third kappa shape index (κ3) is 2.73. The second kappa shape index (κ2) is 5.51. The minimum atomic E-state index is 0.635. The predicted octanol–water partition coefficient (Wildman–Crippen LogP) is 0.664. The Morgan fingerprint density at radius 2 is 2.42 bits per heavy atom. The molecule has 1 rings (SSSR count). The van der Waals surface area contributed by atoms with Gasteiger partial charge in [-0.05, 0) is 13.5 Å². The molecule has 0 aromatic heterocycles. The highest BCUT2D eigenvalue weighted by Gasteiger charge is 2.20. The van der Waals surface area contributed by atoms with Crippen LogP contribution in [0.1, 0.15) is 19.8 Å². The molecule has 0 aromatic carbocycles. The highest BCUT2D eigenvalue weighted by Crippen LogP contribution is 2.10. The number of rotatable bonds is 4. The van der Waals surface area contributed by atoms with Crippen LogP contribution >= 0.6 is 0 Å². The molecular formula is C9H20N2O.